The number of amides is 2. The maximum Gasteiger partial charge on any atom is 0.338 e. The number of urea groups is 1. The van der Waals surface area contributed by atoms with Crippen LogP contribution in [-0.4, -0.2) is 18.1 Å². The van der Waals surface area contributed by atoms with E-state index in [9.17, 15) is 9.59 Å². The molecule has 1 aromatic carbocycles. The summed E-state index contributed by atoms with van der Waals surface area (Å²) in [5.74, 6) is -0.331. The van der Waals surface area contributed by atoms with Crippen molar-refractivity contribution in [1.29, 1.82) is 0 Å². The van der Waals surface area contributed by atoms with Gasteiger partial charge in [-0.3, -0.25) is 0 Å². The second-order valence-corrected chi connectivity index (χ2v) is 7.00. The quantitative estimate of drug-likeness (QED) is 0.647. The summed E-state index contributed by atoms with van der Waals surface area (Å²) in [5.41, 5.74) is 3.07. The largest absolute Gasteiger partial charge is 0.459 e. The lowest BCUT2D eigenvalue weighted by Crippen LogP contribution is -2.45. The van der Waals surface area contributed by atoms with Crippen LogP contribution < -0.4 is 10.6 Å². The van der Waals surface area contributed by atoms with Crippen LogP contribution in [0.2, 0.25) is 0 Å². The van der Waals surface area contributed by atoms with Crippen molar-refractivity contribution in [3.05, 3.63) is 46.7 Å². The maximum atomic E-state index is 12.9. The zero-order valence-corrected chi connectivity index (χ0v) is 14.9. The molecule has 1 atom stereocenters. The minimum absolute atomic E-state index is 0.0217. The monoisotopic (exact) mass is 342 g/mol. The van der Waals surface area contributed by atoms with Crippen molar-refractivity contribution in [3.63, 3.8) is 0 Å². The first-order chi connectivity index (χ1) is 12.0. The summed E-state index contributed by atoms with van der Waals surface area (Å²) >= 11 is 0. The van der Waals surface area contributed by atoms with Gasteiger partial charge in [-0.05, 0) is 45.1 Å². The van der Waals surface area contributed by atoms with E-state index in [0.29, 0.717) is 11.3 Å². The molecular formula is C20H26N2O3. The van der Waals surface area contributed by atoms with Gasteiger partial charge in [0, 0.05) is 5.70 Å². The van der Waals surface area contributed by atoms with Crippen LogP contribution in [0.25, 0.3) is 0 Å². The number of carbonyl (C=O) groups is 2. The lowest BCUT2D eigenvalue weighted by Gasteiger charge is -2.29. The standard InChI is InChI=1S/C20H26N2O3/c1-13-9-11-15(12-10-13)18-17(14(2)21-20(24)22-18)19(23)25-16-7-5-3-4-6-8-16/h9-12,16,18H,3-8H2,1-2H3,(H2,21,22,24)/t18-/m0/s1. The SMILES string of the molecule is CC1=C(C(=O)OC2CCCCCC2)[C@H](c2ccc(C)cc2)NC(=O)N1. The molecule has 1 saturated carbocycles. The van der Waals surface area contributed by atoms with Crippen molar-refractivity contribution in [2.24, 2.45) is 0 Å². The highest BCUT2D eigenvalue weighted by Gasteiger charge is 2.33. The number of esters is 1. The van der Waals surface area contributed by atoms with Gasteiger partial charge in [-0.2, -0.15) is 0 Å². The number of rotatable bonds is 3. The lowest BCUT2D eigenvalue weighted by molar-refractivity contribution is -0.145. The zero-order chi connectivity index (χ0) is 17.8. The van der Waals surface area contributed by atoms with Gasteiger partial charge in [-0.25, -0.2) is 9.59 Å². The fourth-order valence-electron chi connectivity index (χ4n) is 3.55. The zero-order valence-electron chi connectivity index (χ0n) is 14.9. The van der Waals surface area contributed by atoms with Gasteiger partial charge in [-0.1, -0.05) is 42.7 Å². The third-order valence-corrected chi connectivity index (χ3v) is 4.98. The minimum atomic E-state index is -0.479. The summed E-state index contributed by atoms with van der Waals surface area (Å²) in [6.45, 7) is 3.76. The number of benzene rings is 1. The molecule has 2 amide bonds. The van der Waals surface area contributed by atoms with E-state index in [1.54, 1.807) is 6.92 Å². The first-order valence-corrected chi connectivity index (χ1v) is 9.10. The van der Waals surface area contributed by atoms with Gasteiger partial charge in [0.25, 0.3) is 0 Å². The molecule has 0 bridgehead atoms. The molecule has 5 nitrogen and oxygen atoms in total. The Morgan fingerprint density at radius 1 is 1.04 bits per heavy atom. The van der Waals surface area contributed by atoms with Crippen LogP contribution in [0.5, 0.6) is 0 Å². The lowest BCUT2D eigenvalue weighted by atomic mass is 9.95. The van der Waals surface area contributed by atoms with Crippen molar-refractivity contribution >= 4 is 12.0 Å². The van der Waals surface area contributed by atoms with Crippen molar-refractivity contribution in [2.45, 2.75) is 64.5 Å². The number of aryl methyl sites for hydroxylation is 1. The van der Waals surface area contributed by atoms with Crippen LogP contribution >= 0.6 is 0 Å². The highest BCUT2D eigenvalue weighted by molar-refractivity contribution is 5.95. The van der Waals surface area contributed by atoms with Crippen molar-refractivity contribution in [1.82, 2.24) is 10.6 Å². The highest BCUT2D eigenvalue weighted by Crippen LogP contribution is 2.29. The van der Waals surface area contributed by atoms with Crippen LogP contribution in [0, 0.1) is 6.92 Å². The van der Waals surface area contributed by atoms with Crippen LogP contribution in [-0.2, 0) is 9.53 Å². The topological polar surface area (TPSA) is 67.4 Å². The molecule has 25 heavy (non-hydrogen) atoms. The Balaban J connectivity index is 1.83. The Hall–Kier alpha value is -2.30. The molecular weight excluding hydrogens is 316 g/mol. The summed E-state index contributed by atoms with van der Waals surface area (Å²) in [5, 5.41) is 5.55. The van der Waals surface area contributed by atoms with Gasteiger partial charge in [0.15, 0.2) is 0 Å². The molecule has 5 heteroatoms. The molecule has 1 aliphatic carbocycles. The average molecular weight is 342 g/mol. The molecule has 0 radical (unpaired) electrons. The Morgan fingerprint density at radius 2 is 1.68 bits per heavy atom. The first-order valence-electron chi connectivity index (χ1n) is 9.10. The molecule has 1 fully saturated rings. The van der Waals surface area contributed by atoms with E-state index in [4.69, 9.17) is 4.74 Å². The molecule has 0 aromatic heterocycles. The van der Waals surface area contributed by atoms with Crippen molar-refractivity contribution < 1.29 is 14.3 Å². The van der Waals surface area contributed by atoms with Crippen LogP contribution in [0.15, 0.2) is 35.5 Å². The first kappa shape index (κ1) is 17.5. The van der Waals surface area contributed by atoms with Crippen LogP contribution in [0.4, 0.5) is 4.79 Å². The summed E-state index contributed by atoms with van der Waals surface area (Å²) in [7, 11) is 0. The molecule has 134 valence electrons. The predicted octanol–water partition coefficient (Wildman–Crippen LogP) is 3.89. The summed E-state index contributed by atoms with van der Waals surface area (Å²) < 4.78 is 5.80. The van der Waals surface area contributed by atoms with Crippen LogP contribution in [0.3, 0.4) is 0 Å². The van der Waals surface area contributed by atoms with Crippen LogP contribution in [0.1, 0.15) is 62.6 Å². The summed E-state index contributed by atoms with van der Waals surface area (Å²) in [6, 6.07) is 7.07. The van der Waals surface area contributed by atoms with E-state index in [1.165, 1.54) is 12.8 Å². The second kappa shape index (κ2) is 7.72. The second-order valence-electron chi connectivity index (χ2n) is 7.00. The Kier molecular flexibility index (Phi) is 5.41. The minimum Gasteiger partial charge on any atom is -0.459 e. The van der Waals surface area contributed by atoms with E-state index >= 15 is 0 Å². The molecule has 1 heterocycles. The number of allylic oxidation sites excluding steroid dienone is 1. The van der Waals surface area contributed by atoms with Gasteiger partial charge in [0.2, 0.25) is 0 Å². The van der Waals surface area contributed by atoms with E-state index in [2.05, 4.69) is 10.6 Å². The van der Waals surface area contributed by atoms with Gasteiger partial charge >= 0.3 is 12.0 Å². The van der Waals surface area contributed by atoms with Crippen molar-refractivity contribution in [2.75, 3.05) is 0 Å². The number of nitrogens with one attached hydrogen (secondary N) is 2. The normalized spacial score (nSPS) is 22.0. The molecule has 0 unspecified atom stereocenters. The van der Waals surface area contributed by atoms with E-state index in [1.807, 2.05) is 31.2 Å². The summed E-state index contributed by atoms with van der Waals surface area (Å²) in [6.07, 6.45) is 6.45. The van der Waals surface area contributed by atoms with Crippen molar-refractivity contribution in [3.8, 4) is 0 Å². The van der Waals surface area contributed by atoms with Gasteiger partial charge < -0.3 is 15.4 Å². The smallest absolute Gasteiger partial charge is 0.338 e. The average Bonchev–Trinajstić information content (AvgIpc) is 2.83. The summed E-state index contributed by atoms with van der Waals surface area (Å²) in [4.78, 5) is 24.8. The fourth-order valence-corrected chi connectivity index (χ4v) is 3.55. The number of hydrogen-bond donors (Lipinski definition) is 2. The van der Waals surface area contributed by atoms with Gasteiger partial charge in [0.05, 0.1) is 11.6 Å². The van der Waals surface area contributed by atoms with E-state index < -0.39 is 6.04 Å². The molecule has 3 rings (SSSR count). The predicted molar refractivity (Wildman–Crippen MR) is 95.9 cm³/mol. The molecule has 2 N–H and O–H groups in total. The highest BCUT2D eigenvalue weighted by atomic mass is 16.5. The Labute approximate surface area is 148 Å². The molecule has 2 aliphatic rings. The number of ether oxygens (including phenoxy) is 1. The molecule has 1 aromatic rings. The number of hydrogen-bond acceptors (Lipinski definition) is 3. The third-order valence-electron chi connectivity index (χ3n) is 4.98. The van der Waals surface area contributed by atoms with Gasteiger partial charge in [0.1, 0.15) is 6.10 Å². The van der Waals surface area contributed by atoms with E-state index in [-0.39, 0.29) is 18.1 Å². The number of carbonyl (C=O) groups excluding carboxylic acids is 2. The molecule has 1 aliphatic heterocycles. The molecule has 0 saturated heterocycles. The fraction of sp³-hybridized carbons (Fsp3) is 0.500. The third kappa shape index (κ3) is 4.21. The van der Waals surface area contributed by atoms with Gasteiger partial charge in [-0.15, -0.1) is 0 Å². The maximum absolute atomic E-state index is 12.9. The van der Waals surface area contributed by atoms with E-state index in [0.717, 1.165) is 36.8 Å². The Bertz CT molecular complexity index is 671. The molecule has 0 spiro atoms. The Morgan fingerprint density at radius 3 is 2.32 bits per heavy atom.